The van der Waals surface area contributed by atoms with Gasteiger partial charge in [-0.25, -0.2) is 0 Å². The van der Waals surface area contributed by atoms with E-state index >= 15 is 0 Å². The van der Waals surface area contributed by atoms with Crippen LogP contribution in [0.3, 0.4) is 0 Å². The first-order chi connectivity index (χ1) is 14.5. The third-order valence-corrected chi connectivity index (χ3v) is 5.63. The summed E-state index contributed by atoms with van der Waals surface area (Å²) in [6.07, 6.45) is 1.56. The topological polar surface area (TPSA) is 49.4 Å². The number of hydrogen-bond acceptors (Lipinski definition) is 4. The Morgan fingerprint density at radius 2 is 1.70 bits per heavy atom. The SMILES string of the molecule is O=C1NC(=S)N(c2ccc(Cl)cc2)C(=O)C1=Cc1cc(C#Cc2ccccc2)cs1. The van der Waals surface area contributed by atoms with Gasteiger partial charge in [0.2, 0.25) is 0 Å². The Kier molecular flexibility index (Phi) is 5.77. The molecule has 146 valence electrons. The van der Waals surface area contributed by atoms with Crippen LogP contribution in [0.2, 0.25) is 5.02 Å². The molecular weight excluding hydrogens is 436 g/mol. The minimum atomic E-state index is -0.527. The van der Waals surface area contributed by atoms with Crippen molar-refractivity contribution < 1.29 is 9.59 Å². The van der Waals surface area contributed by atoms with E-state index in [-0.39, 0.29) is 10.7 Å². The smallest absolute Gasteiger partial charge is 0.270 e. The number of nitrogens with one attached hydrogen (secondary N) is 1. The second kappa shape index (κ2) is 8.64. The van der Waals surface area contributed by atoms with Gasteiger partial charge >= 0.3 is 0 Å². The van der Waals surface area contributed by atoms with E-state index in [2.05, 4.69) is 17.2 Å². The summed E-state index contributed by atoms with van der Waals surface area (Å²) < 4.78 is 0. The summed E-state index contributed by atoms with van der Waals surface area (Å²) in [5, 5.41) is 5.02. The molecule has 30 heavy (non-hydrogen) atoms. The largest absolute Gasteiger partial charge is 0.298 e. The average molecular weight is 449 g/mol. The number of thiophene rings is 1. The summed E-state index contributed by atoms with van der Waals surface area (Å²) in [4.78, 5) is 27.4. The van der Waals surface area contributed by atoms with Crippen molar-refractivity contribution in [3.8, 4) is 11.8 Å². The van der Waals surface area contributed by atoms with E-state index in [4.69, 9.17) is 23.8 Å². The standard InChI is InChI=1S/C23H13ClN2O2S2/c24-17-8-10-18(11-9-17)26-22(28)20(21(27)25-23(26)29)13-19-12-16(14-30-19)7-6-15-4-2-1-3-5-15/h1-5,8-14H,(H,25,27,29). The predicted molar refractivity (Wildman–Crippen MR) is 124 cm³/mol. The fourth-order valence-corrected chi connectivity index (χ4v) is 3.96. The third-order valence-electron chi connectivity index (χ3n) is 4.22. The van der Waals surface area contributed by atoms with Crippen molar-refractivity contribution in [3.63, 3.8) is 0 Å². The number of nitrogens with zero attached hydrogens (tertiary/aromatic N) is 1. The average Bonchev–Trinajstić information content (AvgIpc) is 3.19. The molecule has 0 aliphatic carbocycles. The summed E-state index contributed by atoms with van der Waals surface area (Å²) in [6, 6.07) is 18.2. The molecule has 2 amide bonds. The minimum Gasteiger partial charge on any atom is -0.298 e. The van der Waals surface area contributed by atoms with Crippen molar-refractivity contribution >= 4 is 63.8 Å². The number of halogens is 1. The van der Waals surface area contributed by atoms with Crippen LogP contribution in [-0.4, -0.2) is 16.9 Å². The Hall–Kier alpha value is -3.24. The molecule has 0 atom stereocenters. The predicted octanol–water partition coefficient (Wildman–Crippen LogP) is 4.63. The van der Waals surface area contributed by atoms with Gasteiger partial charge in [0, 0.05) is 26.4 Å². The first-order valence-corrected chi connectivity index (χ1v) is 10.5. The normalized spacial score (nSPS) is 15.0. The maximum absolute atomic E-state index is 13.0. The van der Waals surface area contributed by atoms with Gasteiger partial charge in [0.25, 0.3) is 11.8 Å². The molecule has 1 fully saturated rings. The van der Waals surface area contributed by atoms with Crippen LogP contribution in [0.1, 0.15) is 16.0 Å². The van der Waals surface area contributed by atoms with Crippen molar-refractivity contribution in [3.05, 3.63) is 92.6 Å². The van der Waals surface area contributed by atoms with Crippen LogP contribution in [0.4, 0.5) is 5.69 Å². The van der Waals surface area contributed by atoms with Gasteiger partial charge in [0.1, 0.15) is 5.57 Å². The number of rotatable bonds is 2. The van der Waals surface area contributed by atoms with Crippen molar-refractivity contribution in [2.24, 2.45) is 0 Å². The lowest BCUT2D eigenvalue weighted by molar-refractivity contribution is -0.122. The molecular formula is C23H13ClN2O2S2. The Morgan fingerprint density at radius 1 is 1.00 bits per heavy atom. The minimum absolute atomic E-state index is 0.00275. The van der Waals surface area contributed by atoms with Crippen molar-refractivity contribution in [1.29, 1.82) is 0 Å². The second-order valence-corrected chi connectivity index (χ2v) is 8.05. The van der Waals surface area contributed by atoms with Crippen molar-refractivity contribution in [2.45, 2.75) is 0 Å². The number of hydrogen-bond donors (Lipinski definition) is 1. The Labute approximate surface area is 187 Å². The highest BCUT2D eigenvalue weighted by molar-refractivity contribution is 7.80. The fourth-order valence-electron chi connectivity index (χ4n) is 2.78. The lowest BCUT2D eigenvalue weighted by Gasteiger charge is -2.28. The first kappa shape index (κ1) is 20.0. The van der Waals surface area contributed by atoms with E-state index in [0.717, 1.165) is 16.0 Å². The van der Waals surface area contributed by atoms with Crippen molar-refractivity contribution in [1.82, 2.24) is 5.32 Å². The fraction of sp³-hybridized carbons (Fsp3) is 0. The van der Waals surface area contributed by atoms with Crippen LogP contribution in [0.15, 0.2) is 71.6 Å². The lowest BCUT2D eigenvalue weighted by Crippen LogP contribution is -2.54. The molecule has 1 aromatic heterocycles. The molecule has 1 aliphatic rings. The lowest BCUT2D eigenvalue weighted by atomic mass is 10.1. The molecule has 7 heteroatoms. The van der Waals surface area contributed by atoms with Gasteiger partial charge < -0.3 is 0 Å². The van der Waals surface area contributed by atoms with Gasteiger partial charge in [0.15, 0.2) is 5.11 Å². The van der Waals surface area contributed by atoms with E-state index in [1.807, 2.05) is 41.8 Å². The molecule has 4 nitrogen and oxygen atoms in total. The van der Waals surface area contributed by atoms with Gasteiger partial charge in [-0.1, -0.05) is 41.6 Å². The molecule has 1 aliphatic heterocycles. The van der Waals surface area contributed by atoms with Gasteiger partial charge in [-0.3, -0.25) is 19.8 Å². The van der Waals surface area contributed by atoms with Crippen LogP contribution in [0, 0.1) is 11.8 Å². The number of anilines is 1. The van der Waals surface area contributed by atoms with E-state index in [1.165, 1.54) is 16.2 Å². The molecule has 2 heterocycles. The molecule has 2 aromatic carbocycles. The van der Waals surface area contributed by atoms with Crippen LogP contribution >= 0.6 is 35.2 Å². The maximum Gasteiger partial charge on any atom is 0.270 e. The summed E-state index contributed by atoms with van der Waals surface area (Å²) in [7, 11) is 0. The summed E-state index contributed by atoms with van der Waals surface area (Å²) >= 11 is 12.5. The van der Waals surface area contributed by atoms with Crippen LogP contribution in [-0.2, 0) is 9.59 Å². The molecule has 0 spiro atoms. The van der Waals surface area contributed by atoms with Gasteiger partial charge in [-0.15, -0.1) is 11.3 Å². The second-order valence-electron chi connectivity index (χ2n) is 6.29. The summed E-state index contributed by atoms with van der Waals surface area (Å²) in [5.41, 5.74) is 2.26. The zero-order valence-electron chi connectivity index (χ0n) is 15.4. The monoisotopic (exact) mass is 448 g/mol. The highest BCUT2D eigenvalue weighted by Gasteiger charge is 2.34. The van der Waals surface area contributed by atoms with Crippen LogP contribution in [0.5, 0.6) is 0 Å². The van der Waals surface area contributed by atoms with Gasteiger partial charge in [-0.05, 0) is 60.8 Å². The van der Waals surface area contributed by atoms with E-state index in [9.17, 15) is 9.59 Å². The number of benzene rings is 2. The van der Waals surface area contributed by atoms with Gasteiger partial charge in [0.05, 0.1) is 5.69 Å². The molecule has 0 saturated carbocycles. The highest BCUT2D eigenvalue weighted by Crippen LogP contribution is 2.25. The third kappa shape index (κ3) is 4.34. The summed E-state index contributed by atoms with van der Waals surface area (Å²) in [6.45, 7) is 0. The Bertz CT molecular complexity index is 1240. The number of thiocarbonyl (C=S) groups is 1. The Morgan fingerprint density at radius 3 is 2.43 bits per heavy atom. The number of carbonyl (C=O) groups excluding carboxylic acids is 2. The zero-order valence-corrected chi connectivity index (χ0v) is 17.8. The number of amides is 2. The van der Waals surface area contributed by atoms with Crippen LogP contribution in [0.25, 0.3) is 6.08 Å². The molecule has 0 radical (unpaired) electrons. The highest BCUT2D eigenvalue weighted by atomic mass is 35.5. The molecule has 0 bridgehead atoms. The van der Waals surface area contributed by atoms with Crippen LogP contribution < -0.4 is 10.2 Å². The quantitative estimate of drug-likeness (QED) is 0.269. The Balaban J connectivity index is 1.61. The van der Waals surface area contributed by atoms with E-state index in [1.54, 1.807) is 30.3 Å². The van der Waals surface area contributed by atoms with Gasteiger partial charge in [-0.2, -0.15) is 0 Å². The molecule has 4 rings (SSSR count). The van der Waals surface area contributed by atoms with E-state index < -0.39 is 11.8 Å². The maximum atomic E-state index is 13.0. The molecule has 3 aromatic rings. The van der Waals surface area contributed by atoms with Crippen molar-refractivity contribution in [2.75, 3.05) is 4.90 Å². The number of carbonyl (C=O) groups is 2. The first-order valence-electron chi connectivity index (χ1n) is 8.84. The molecule has 1 N–H and O–H groups in total. The zero-order chi connectivity index (χ0) is 21.1. The molecule has 1 saturated heterocycles. The van der Waals surface area contributed by atoms with E-state index in [0.29, 0.717) is 10.7 Å². The molecule has 0 unspecified atom stereocenters. The summed E-state index contributed by atoms with van der Waals surface area (Å²) in [5.74, 6) is 5.16.